The Morgan fingerprint density at radius 2 is 2.34 bits per heavy atom. The van der Waals surface area contributed by atoms with Crippen LogP contribution in [0.25, 0.3) is 0 Å². The summed E-state index contributed by atoms with van der Waals surface area (Å²) in [6.07, 6.45) is 0.950. The van der Waals surface area contributed by atoms with Crippen LogP contribution in [0.15, 0.2) is 21.1 Å². The van der Waals surface area contributed by atoms with E-state index in [9.17, 15) is 19.5 Å². The predicted molar refractivity (Wildman–Crippen MR) is 121 cm³/mol. The summed E-state index contributed by atoms with van der Waals surface area (Å²) < 4.78 is 5.37. The van der Waals surface area contributed by atoms with Crippen molar-refractivity contribution in [2.24, 2.45) is 11.1 Å². The van der Waals surface area contributed by atoms with Crippen molar-refractivity contribution in [2.45, 2.75) is 17.8 Å². The summed E-state index contributed by atoms with van der Waals surface area (Å²) in [6.45, 7) is 1.39. The molecule has 1 aromatic rings. The summed E-state index contributed by atoms with van der Waals surface area (Å²) in [6, 6.07) is -0.880. The third-order valence-corrected chi connectivity index (χ3v) is 8.56. The fraction of sp³-hybridized carbons (Fsp3) is 0.500. The van der Waals surface area contributed by atoms with Crippen molar-refractivity contribution >= 4 is 63.5 Å². The minimum absolute atomic E-state index is 0.00813. The molecule has 3 atom stereocenters. The Kier molecular flexibility index (Phi) is 6.93. The van der Waals surface area contributed by atoms with Gasteiger partial charge in [-0.15, -0.1) is 34.9 Å². The normalized spacial score (nSPS) is 25.4. The average molecular weight is 500 g/mol. The molecule has 3 aliphatic heterocycles. The van der Waals surface area contributed by atoms with E-state index in [4.69, 9.17) is 15.3 Å². The van der Waals surface area contributed by atoms with E-state index < -0.39 is 29.2 Å². The number of thioether (sulfide) groups is 2. The number of aliphatic carboxylic acids is 1. The summed E-state index contributed by atoms with van der Waals surface area (Å²) in [4.78, 5) is 48.3. The smallest absolute Gasteiger partial charge is 0.353 e. The van der Waals surface area contributed by atoms with Crippen LogP contribution in [0.4, 0.5) is 5.13 Å². The fourth-order valence-corrected chi connectivity index (χ4v) is 6.84. The second-order valence-electron chi connectivity index (χ2n) is 7.17. The Morgan fingerprint density at radius 1 is 1.53 bits per heavy atom. The van der Waals surface area contributed by atoms with Crippen LogP contribution in [0.1, 0.15) is 12.1 Å². The summed E-state index contributed by atoms with van der Waals surface area (Å²) >= 11 is 4.02. The van der Waals surface area contributed by atoms with Gasteiger partial charge in [0.2, 0.25) is 0 Å². The number of nitrogens with one attached hydrogen (secondary N) is 1. The molecule has 0 aliphatic carbocycles. The number of nitrogens with two attached hydrogens (primary N) is 1. The van der Waals surface area contributed by atoms with Gasteiger partial charge in [-0.1, -0.05) is 5.16 Å². The molecule has 4 N–H and O–H groups in total. The number of oxime groups is 1. The van der Waals surface area contributed by atoms with Crippen LogP contribution in [-0.4, -0.2) is 81.7 Å². The molecule has 2 amide bonds. The minimum atomic E-state index is -1.15. The highest BCUT2D eigenvalue weighted by Gasteiger charge is 2.54. The van der Waals surface area contributed by atoms with Crippen LogP contribution in [0.2, 0.25) is 0 Å². The van der Waals surface area contributed by atoms with Gasteiger partial charge in [0.15, 0.2) is 10.8 Å². The number of hydrogen-bond acceptors (Lipinski definition) is 11. The molecular weight excluding hydrogens is 478 g/mol. The van der Waals surface area contributed by atoms with Gasteiger partial charge in [0.05, 0.1) is 6.61 Å². The van der Waals surface area contributed by atoms with Crippen molar-refractivity contribution < 1.29 is 29.1 Å². The van der Waals surface area contributed by atoms with Gasteiger partial charge >= 0.3 is 5.97 Å². The van der Waals surface area contributed by atoms with Gasteiger partial charge in [-0.05, 0) is 12.3 Å². The van der Waals surface area contributed by atoms with Gasteiger partial charge in [0.25, 0.3) is 11.8 Å². The number of nitrogen functional groups attached to an aromatic ring is 1. The van der Waals surface area contributed by atoms with Crippen molar-refractivity contribution in [3.05, 3.63) is 21.7 Å². The first-order valence-electron chi connectivity index (χ1n) is 9.65. The monoisotopic (exact) mass is 499 g/mol. The van der Waals surface area contributed by atoms with Crippen molar-refractivity contribution in [2.75, 3.05) is 37.6 Å². The lowest BCUT2D eigenvalue weighted by molar-refractivity contribution is -0.150. The second kappa shape index (κ2) is 9.68. The number of thiazole rings is 1. The number of fused-ring (bicyclic) bond motifs is 1. The van der Waals surface area contributed by atoms with Crippen LogP contribution in [-0.2, 0) is 24.0 Å². The van der Waals surface area contributed by atoms with E-state index in [1.807, 2.05) is 0 Å². The third kappa shape index (κ3) is 4.44. The first-order chi connectivity index (χ1) is 15.4. The largest absolute Gasteiger partial charge is 0.477 e. The first-order valence-corrected chi connectivity index (χ1v) is 12.6. The van der Waals surface area contributed by atoms with E-state index in [1.54, 1.807) is 5.38 Å². The van der Waals surface area contributed by atoms with E-state index in [0.717, 1.165) is 30.1 Å². The molecule has 2 fully saturated rings. The molecule has 32 heavy (non-hydrogen) atoms. The van der Waals surface area contributed by atoms with E-state index >= 15 is 0 Å². The highest BCUT2D eigenvalue weighted by molar-refractivity contribution is 8.06. The van der Waals surface area contributed by atoms with Crippen LogP contribution in [0.3, 0.4) is 0 Å². The molecule has 172 valence electrons. The maximum atomic E-state index is 12.8. The SMILES string of the molecule is CO/N=C(\C(=O)NC1C(=O)N2C(C(=O)O)=C(SCC3CCOC3)CSC12)c1csc(N)n1. The molecule has 4 heterocycles. The molecule has 0 saturated carbocycles. The lowest BCUT2D eigenvalue weighted by Crippen LogP contribution is -2.71. The molecule has 0 bridgehead atoms. The number of rotatable bonds is 8. The van der Waals surface area contributed by atoms with E-state index in [2.05, 4.69) is 15.5 Å². The van der Waals surface area contributed by atoms with Crippen molar-refractivity contribution in [3.63, 3.8) is 0 Å². The summed E-state index contributed by atoms with van der Waals surface area (Å²) in [5.41, 5.74) is 5.73. The molecule has 14 heteroatoms. The summed E-state index contributed by atoms with van der Waals surface area (Å²) in [5.74, 6) is -0.723. The minimum Gasteiger partial charge on any atom is -0.477 e. The van der Waals surface area contributed by atoms with Gasteiger partial charge in [-0.25, -0.2) is 9.78 Å². The highest BCUT2D eigenvalue weighted by atomic mass is 32.2. The van der Waals surface area contributed by atoms with E-state index in [0.29, 0.717) is 23.2 Å². The number of ether oxygens (including phenoxy) is 1. The van der Waals surface area contributed by atoms with Crippen molar-refractivity contribution in [1.29, 1.82) is 0 Å². The van der Waals surface area contributed by atoms with E-state index in [-0.39, 0.29) is 22.2 Å². The zero-order chi connectivity index (χ0) is 22.8. The van der Waals surface area contributed by atoms with Gasteiger partial charge in [0, 0.05) is 28.4 Å². The van der Waals surface area contributed by atoms with E-state index in [1.165, 1.54) is 35.5 Å². The Bertz CT molecular complexity index is 990. The number of anilines is 1. The van der Waals surface area contributed by atoms with Crippen molar-refractivity contribution in [1.82, 2.24) is 15.2 Å². The maximum Gasteiger partial charge on any atom is 0.353 e. The number of carboxylic acid groups (broad SMARTS) is 1. The molecule has 0 radical (unpaired) electrons. The van der Waals surface area contributed by atoms with Gasteiger partial charge < -0.3 is 25.7 Å². The lowest BCUT2D eigenvalue weighted by Gasteiger charge is -2.49. The topological polar surface area (TPSA) is 156 Å². The van der Waals surface area contributed by atoms with Gasteiger partial charge in [0.1, 0.15) is 29.9 Å². The van der Waals surface area contributed by atoms with Crippen LogP contribution < -0.4 is 11.1 Å². The molecular formula is C18H21N5O6S3. The molecule has 3 unspecified atom stereocenters. The summed E-state index contributed by atoms with van der Waals surface area (Å²) in [7, 11) is 1.29. The number of β-lactam (4-membered cyclic amide) rings is 1. The van der Waals surface area contributed by atoms with Crippen LogP contribution in [0, 0.1) is 5.92 Å². The fourth-order valence-electron chi connectivity index (χ4n) is 3.54. The Morgan fingerprint density at radius 3 is 2.97 bits per heavy atom. The number of nitrogens with zero attached hydrogens (tertiary/aromatic N) is 3. The summed E-state index contributed by atoms with van der Waals surface area (Å²) in [5, 5.41) is 17.4. The molecule has 0 spiro atoms. The first kappa shape index (κ1) is 22.9. The predicted octanol–water partition coefficient (Wildman–Crippen LogP) is 0.542. The van der Waals surface area contributed by atoms with Gasteiger partial charge in [-0.2, -0.15) is 0 Å². The number of carboxylic acids is 1. The number of aromatic nitrogens is 1. The number of hydrogen-bond donors (Lipinski definition) is 3. The zero-order valence-electron chi connectivity index (χ0n) is 17.0. The molecule has 4 rings (SSSR count). The number of amides is 2. The second-order valence-corrected chi connectivity index (χ2v) is 10.3. The Labute approximate surface area is 195 Å². The molecule has 0 aromatic carbocycles. The average Bonchev–Trinajstić information content (AvgIpc) is 3.45. The van der Waals surface area contributed by atoms with Crippen LogP contribution >= 0.6 is 34.9 Å². The molecule has 1 aromatic heterocycles. The van der Waals surface area contributed by atoms with Crippen molar-refractivity contribution in [3.8, 4) is 0 Å². The Balaban J connectivity index is 1.46. The lowest BCUT2D eigenvalue weighted by atomic mass is 10.0. The number of carbonyl (C=O) groups is 3. The Hall–Kier alpha value is -2.29. The third-order valence-electron chi connectivity index (χ3n) is 5.10. The highest BCUT2D eigenvalue weighted by Crippen LogP contribution is 2.44. The molecule has 11 nitrogen and oxygen atoms in total. The molecule has 2 saturated heterocycles. The van der Waals surface area contributed by atoms with Crippen LogP contribution in [0.5, 0.6) is 0 Å². The maximum absolute atomic E-state index is 12.8. The zero-order valence-corrected chi connectivity index (χ0v) is 19.4. The quantitative estimate of drug-likeness (QED) is 0.262. The standard InChI is InChI=1S/C18H21N5O6S3/c1-28-22-11(9-6-32-18(19)20-9)14(24)21-12-15(25)23-13(17(26)27)10(7-31-16(12)23)30-5-8-2-3-29-4-8/h6,8,12,16H,2-5,7H2,1H3,(H2,19,20)(H,21,24)(H,26,27)/b22-11-. The van der Waals surface area contributed by atoms with Gasteiger partial charge in [-0.3, -0.25) is 14.5 Å². The molecule has 3 aliphatic rings. The number of carbonyl (C=O) groups excluding carboxylic acids is 2.